The second-order valence-corrected chi connectivity index (χ2v) is 12.7. The Labute approximate surface area is 253 Å². The summed E-state index contributed by atoms with van der Waals surface area (Å²) in [7, 11) is 3.90. The average molecular weight is 587 g/mol. The van der Waals surface area contributed by atoms with Crippen molar-refractivity contribution < 1.29 is 18.7 Å². The number of rotatable bonds is 8. The van der Waals surface area contributed by atoms with E-state index in [0.717, 1.165) is 86.4 Å². The molecule has 4 heterocycles. The molecule has 2 aliphatic carbocycles. The molecule has 2 saturated heterocycles. The van der Waals surface area contributed by atoms with Gasteiger partial charge in [-0.1, -0.05) is 11.2 Å². The van der Waals surface area contributed by atoms with E-state index in [4.69, 9.17) is 34.4 Å². The van der Waals surface area contributed by atoms with E-state index in [9.17, 15) is 0 Å². The number of hydrogen-bond donors (Lipinski definition) is 1. The van der Waals surface area contributed by atoms with Crippen LogP contribution in [0, 0.1) is 0 Å². The van der Waals surface area contributed by atoms with Gasteiger partial charge in [0.1, 0.15) is 6.10 Å². The molecule has 2 aromatic heterocycles. The predicted molar refractivity (Wildman–Crippen MR) is 164 cm³/mol. The molecule has 0 radical (unpaired) electrons. The highest BCUT2D eigenvalue weighted by atomic mass is 16.5. The van der Waals surface area contributed by atoms with E-state index in [2.05, 4.69) is 41.8 Å². The summed E-state index contributed by atoms with van der Waals surface area (Å²) in [5.74, 6) is 2.21. The zero-order valence-corrected chi connectivity index (χ0v) is 25.5. The molecule has 5 atom stereocenters. The molecule has 3 aromatic rings. The minimum atomic E-state index is -0.281. The lowest BCUT2D eigenvalue weighted by molar-refractivity contribution is 0.0173. The van der Waals surface area contributed by atoms with Crippen LogP contribution < -0.4 is 10.5 Å². The third-order valence-electron chi connectivity index (χ3n) is 10.3. The van der Waals surface area contributed by atoms with Gasteiger partial charge in [-0.15, -0.1) is 0 Å². The summed E-state index contributed by atoms with van der Waals surface area (Å²) in [5.41, 5.74) is 13.3. The Morgan fingerprint density at radius 1 is 1.23 bits per heavy atom. The summed E-state index contributed by atoms with van der Waals surface area (Å²) in [5, 5.41) is 4.68. The van der Waals surface area contributed by atoms with Crippen molar-refractivity contribution >= 4 is 12.4 Å². The van der Waals surface area contributed by atoms with Crippen molar-refractivity contribution in [1.82, 2.24) is 20.0 Å². The number of hydrogen-bond acceptors (Lipinski definition) is 10. The molecule has 10 nitrogen and oxygen atoms in total. The van der Waals surface area contributed by atoms with Crippen molar-refractivity contribution in [3.63, 3.8) is 0 Å². The first kappa shape index (κ1) is 28.4. The summed E-state index contributed by atoms with van der Waals surface area (Å²) in [6, 6.07) is 6.28. The van der Waals surface area contributed by atoms with Gasteiger partial charge in [-0.3, -0.25) is 9.89 Å². The Morgan fingerprint density at radius 2 is 2.12 bits per heavy atom. The molecule has 2 aliphatic heterocycles. The molecule has 7 rings (SSSR count). The van der Waals surface area contributed by atoms with Crippen LogP contribution in [0.2, 0.25) is 0 Å². The number of aromatic nitrogens is 3. The minimum absolute atomic E-state index is 0.118. The van der Waals surface area contributed by atoms with E-state index >= 15 is 0 Å². The van der Waals surface area contributed by atoms with Crippen LogP contribution in [0.1, 0.15) is 78.7 Å². The zero-order chi connectivity index (χ0) is 29.7. The van der Waals surface area contributed by atoms with Crippen molar-refractivity contribution in [3.8, 4) is 17.4 Å². The van der Waals surface area contributed by atoms with Gasteiger partial charge in [0.05, 0.1) is 36.4 Å². The molecule has 2 fully saturated rings. The Morgan fingerprint density at radius 3 is 2.91 bits per heavy atom. The van der Waals surface area contributed by atoms with Gasteiger partial charge in [0.2, 0.25) is 5.88 Å². The van der Waals surface area contributed by atoms with Gasteiger partial charge in [0, 0.05) is 49.1 Å². The van der Waals surface area contributed by atoms with Gasteiger partial charge in [-0.25, -0.2) is 4.98 Å². The topological polar surface area (TPSA) is 121 Å². The number of aryl methyl sites for hydroxylation is 1. The van der Waals surface area contributed by atoms with E-state index in [1.54, 1.807) is 7.11 Å². The smallest absolute Gasteiger partial charge is 0.217 e. The molecule has 4 aliphatic rings. The van der Waals surface area contributed by atoms with Crippen LogP contribution in [0.3, 0.4) is 0 Å². The lowest BCUT2D eigenvalue weighted by Crippen LogP contribution is -2.44. The fourth-order valence-corrected chi connectivity index (χ4v) is 8.22. The fraction of sp³-hybridized carbons (Fsp3) is 0.576. The molecule has 2 N–H and O–H groups in total. The Hall–Kier alpha value is -3.34. The molecule has 228 valence electrons. The number of benzene rings is 1. The third kappa shape index (κ3) is 4.74. The molecule has 0 amide bonds. The van der Waals surface area contributed by atoms with Gasteiger partial charge >= 0.3 is 0 Å². The maximum Gasteiger partial charge on any atom is 0.217 e. The molecule has 0 unspecified atom stereocenters. The minimum Gasteiger partial charge on any atom is -0.473 e. The van der Waals surface area contributed by atoms with Crippen LogP contribution in [0.4, 0.5) is 5.69 Å². The maximum absolute atomic E-state index is 6.58. The van der Waals surface area contributed by atoms with Gasteiger partial charge in [0.25, 0.3) is 0 Å². The summed E-state index contributed by atoms with van der Waals surface area (Å²) in [6.07, 6.45) is 6.68. The average Bonchev–Trinajstić information content (AvgIpc) is 3.81. The van der Waals surface area contributed by atoms with Gasteiger partial charge in [0.15, 0.2) is 17.3 Å². The van der Waals surface area contributed by atoms with E-state index in [0.29, 0.717) is 30.5 Å². The first-order valence-electron chi connectivity index (χ1n) is 15.6. The first-order valence-corrected chi connectivity index (χ1v) is 15.6. The molecular weight excluding hydrogens is 544 g/mol. The van der Waals surface area contributed by atoms with Crippen LogP contribution >= 0.6 is 0 Å². The van der Waals surface area contributed by atoms with E-state index < -0.39 is 0 Å². The quantitative estimate of drug-likeness (QED) is 0.301. The van der Waals surface area contributed by atoms with E-state index in [1.165, 1.54) is 11.1 Å². The number of ether oxygens (including phenoxy) is 3. The molecule has 10 heteroatoms. The van der Waals surface area contributed by atoms with E-state index in [-0.39, 0.29) is 29.6 Å². The van der Waals surface area contributed by atoms with Crippen LogP contribution in [-0.2, 0) is 34.3 Å². The van der Waals surface area contributed by atoms with Crippen LogP contribution in [0.5, 0.6) is 5.88 Å². The summed E-state index contributed by atoms with van der Waals surface area (Å²) < 4.78 is 24.4. The Balaban J connectivity index is 1.29. The number of nitrogen functional groups attached to an aromatic ring is 1. The highest BCUT2D eigenvalue weighted by Gasteiger charge is 2.49. The summed E-state index contributed by atoms with van der Waals surface area (Å²) in [6.45, 7) is 8.69. The number of nitrogens with two attached hydrogens (primary N) is 1. The molecular formula is C33H42N6O4. The monoisotopic (exact) mass is 586 g/mol. The van der Waals surface area contributed by atoms with Crippen molar-refractivity contribution in [2.45, 2.75) is 88.0 Å². The summed E-state index contributed by atoms with van der Waals surface area (Å²) >= 11 is 0. The standard InChI is InChI=1S/C33H42N6O4/c1-19(30-26(40-4)10-14-39(30)3)42-27-16-25(21-11-15-41-18-21)36-32(37-27)29-22-6-5-12-33(31(22)43-38-29)13-9-20-7-8-24(34)23(17-35-2)28(20)33/h7-8,16,19,21,26,30H,2,5-6,9-15,17-18,34H2,1,3-4H3/t19-,21+,26-,30+,33-/m0/s1. The Kier molecular flexibility index (Phi) is 7.47. The van der Waals surface area contributed by atoms with Crippen LogP contribution in [-0.4, -0.2) is 78.9 Å². The second-order valence-electron chi connectivity index (χ2n) is 12.7. The number of anilines is 1. The Bertz CT molecular complexity index is 1520. The number of aliphatic imine (C=N–C) groups is 1. The lowest BCUT2D eigenvalue weighted by Gasteiger charge is -2.34. The van der Waals surface area contributed by atoms with Crippen molar-refractivity contribution in [2.24, 2.45) is 4.99 Å². The highest BCUT2D eigenvalue weighted by molar-refractivity contribution is 5.65. The van der Waals surface area contributed by atoms with Crippen LogP contribution in [0.15, 0.2) is 27.7 Å². The van der Waals surface area contributed by atoms with Crippen molar-refractivity contribution in [2.75, 3.05) is 39.6 Å². The maximum atomic E-state index is 6.58. The van der Waals surface area contributed by atoms with Crippen LogP contribution in [0.25, 0.3) is 11.5 Å². The van der Waals surface area contributed by atoms with Gasteiger partial charge in [-0.05, 0) is 82.8 Å². The number of methoxy groups -OCH3 is 1. The SMILES string of the molecule is C=NCc1c(N)ccc2c1[C@]1(CCCc3c(-c4nc(O[C@@H](C)[C@@H]5[C@@H](OC)CCN5C)cc([C@@H]5CCOC5)n4)noc31)CC2. The molecule has 1 aromatic carbocycles. The normalized spacial score (nSPS) is 27.4. The van der Waals surface area contributed by atoms with E-state index in [1.807, 2.05) is 12.1 Å². The molecule has 0 saturated carbocycles. The molecule has 1 spiro atoms. The number of nitrogens with zero attached hydrogens (tertiary/aromatic N) is 5. The molecule has 0 bridgehead atoms. The second kappa shape index (κ2) is 11.3. The lowest BCUT2D eigenvalue weighted by atomic mass is 9.68. The predicted octanol–water partition coefficient (Wildman–Crippen LogP) is 4.47. The first-order chi connectivity index (χ1) is 20.9. The number of likely N-dealkylation sites (N-methyl/N-ethyl adjacent to an activating group) is 1. The van der Waals surface area contributed by atoms with Gasteiger partial charge < -0.3 is 24.5 Å². The summed E-state index contributed by atoms with van der Waals surface area (Å²) in [4.78, 5) is 16.6. The zero-order valence-electron chi connectivity index (χ0n) is 25.5. The number of fused-ring (bicyclic) bond motifs is 4. The third-order valence-corrected chi connectivity index (χ3v) is 10.3. The van der Waals surface area contributed by atoms with Crippen molar-refractivity contribution in [1.29, 1.82) is 0 Å². The highest BCUT2D eigenvalue weighted by Crippen LogP contribution is 2.54. The molecule has 43 heavy (non-hydrogen) atoms. The fourth-order valence-electron chi connectivity index (χ4n) is 8.22. The largest absolute Gasteiger partial charge is 0.473 e. The van der Waals surface area contributed by atoms with Crippen molar-refractivity contribution in [3.05, 3.63) is 51.9 Å². The number of likely N-dealkylation sites (tertiary alicyclic amines) is 1. The van der Waals surface area contributed by atoms with Gasteiger partial charge in [-0.2, -0.15) is 4.98 Å².